The molecule has 1 atom stereocenters. The zero-order valence-electron chi connectivity index (χ0n) is 37.1. The van der Waals surface area contributed by atoms with Gasteiger partial charge in [-0.05, 0) is 64.2 Å². The lowest BCUT2D eigenvalue weighted by atomic mass is 10.0. The van der Waals surface area contributed by atoms with Gasteiger partial charge in [0.25, 0.3) is 0 Å². The molecule has 0 spiro atoms. The van der Waals surface area contributed by atoms with Gasteiger partial charge in [0.15, 0.2) is 6.10 Å². The number of allylic oxidation sites excluding steroid dienone is 11. The monoisotopic (exact) mass is 795 g/mol. The number of esters is 3. The first-order valence-corrected chi connectivity index (χ1v) is 23.4. The molecule has 57 heavy (non-hydrogen) atoms. The van der Waals surface area contributed by atoms with Crippen LogP contribution in [0.2, 0.25) is 0 Å². The molecule has 0 heterocycles. The Balaban J connectivity index is 4.48. The Labute approximate surface area is 351 Å². The molecule has 0 fully saturated rings. The second-order valence-corrected chi connectivity index (χ2v) is 15.3. The smallest absolute Gasteiger partial charge is 0.309 e. The number of unbranched alkanes of at least 4 members (excludes halogenated alkanes) is 19. The van der Waals surface area contributed by atoms with Gasteiger partial charge >= 0.3 is 17.9 Å². The molecule has 0 N–H and O–H groups in total. The van der Waals surface area contributed by atoms with E-state index in [2.05, 4.69) is 81.5 Å². The van der Waals surface area contributed by atoms with Crippen LogP contribution < -0.4 is 0 Å². The summed E-state index contributed by atoms with van der Waals surface area (Å²) in [6.07, 6.45) is 56.4. The summed E-state index contributed by atoms with van der Waals surface area (Å²) in [4.78, 5) is 37.6. The van der Waals surface area contributed by atoms with E-state index in [0.717, 1.165) is 57.8 Å². The number of carbonyl (C=O) groups is 3. The van der Waals surface area contributed by atoms with Gasteiger partial charge in [-0.15, -0.1) is 0 Å². The van der Waals surface area contributed by atoms with E-state index in [1.807, 2.05) is 6.08 Å². The average molecular weight is 795 g/mol. The van der Waals surface area contributed by atoms with Crippen molar-refractivity contribution in [3.63, 3.8) is 0 Å². The highest BCUT2D eigenvalue weighted by Gasteiger charge is 2.19. The molecule has 0 bridgehead atoms. The van der Waals surface area contributed by atoms with Gasteiger partial charge in [0.2, 0.25) is 0 Å². The standard InChI is InChI=1S/C51H86O6/c1-4-7-10-13-16-19-21-23-24-25-26-28-29-32-35-38-41-44-50(53)56-47-48(46-55-49(52)43-40-37-34-31-18-15-12-9-6-3)57-51(54)45-42-39-36-33-30-27-22-20-17-14-11-8-5-2/h9,12,18,23-24,26,28,31-32,35,37,40,48H,4-8,10-11,13-17,19-22,25,27,29-30,33-34,36,38-39,41-47H2,1-3H3/b12-9-,24-23-,28-26-,31-18-,35-32-,40-37-. The van der Waals surface area contributed by atoms with Crippen LogP contribution in [0.5, 0.6) is 0 Å². The van der Waals surface area contributed by atoms with Gasteiger partial charge in [0.1, 0.15) is 13.2 Å². The van der Waals surface area contributed by atoms with E-state index in [1.165, 1.54) is 109 Å². The summed E-state index contributed by atoms with van der Waals surface area (Å²) in [7, 11) is 0. The van der Waals surface area contributed by atoms with Gasteiger partial charge in [-0.25, -0.2) is 0 Å². The van der Waals surface area contributed by atoms with E-state index in [-0.39, 0.29) is 38.0 Å². The second kappa shape index (κ2) is 45.6. The van der Waals surface area contributed by atoms with Gasteiger partial charge in [-0.3, -0.25) is 14.4 Å². The Morgan fingerprint density at radius 1 is 0.386 bits per heavy atom. The summed E-state index contributed by atoms with van der Waals surface area (Å²) in [6.45, 7) is 6.36. The molecular formula is C51H86O6. The van der Waals surface area contributed by atoms with E-state index in [9.17, 15) is 14.4 Å². The molecule has 0 aliphatic heterocycles. The molecule has 0 saturated heterocycles. The van der Waals surface area contributed by atoms with Crippen molar-refractivity contribution in [3.05, 3.63) is 72.9 Å². The summed E-state index contributed by atoms with van der Waals surface area (Å²) in [6, 6.07) is 0. The predicted octanol–water partition coefficient (Wildman–Crippen LogP) is 15.1. The maximum atomic E-state index is 12.7. The quantitative estimate of drug-likeness (QED) is 0.0265. The molecule has 6 heteroatoms. The molecule has 0 aliphatic carbocycles. The van der Waals surface area contributed by atoms with Crippen LogP contribution in [0.25, 0.3) is 0 Å². The highest BCUT2D eigenvalue weighted by molar-refractivity contribution is 5.72. The Kier molecular flexibility index (Phi) is 43.0. The summed E-state index contributed by atoms with van der Waals surface area (Å²) in [5.74, 6) is -1.10. The molecular weight excluding hydrogens is 709 g/mol. The van der Waals surface area contributed by atoms with Crippen molar-refractivity contribution in [3.8, 4) is 0 Å². The van der Waals surface area contributed by atoms with Gasteiger partial charge in [0, 0.05) is 12.8 Å². The minimum Gasteiger partial charge on any atom is -0.462 e. The van der Waals surface area contributed by atoms with Crippen molar-refractivity contribution in [2.45, 2.75) is 219 Å². The van der Waals surface area contributed by atoms with Crippen molar-refractivity contribution in [1.29, 1.82) is 0 Å². The van der Waals surface area contributed by atoms with Crippen LogP contribution in [0.4, 0.5) is 0 Å². The van der Waals surface area contributed by atoms with Crippen LogP contribution in [0.1, 0.15) is 213 Å². The molecule has 0 aliphatic rings. The fraction of sp³-hybridized carbons (Fsp3) is 0.706. The Morgan fingerprint density at radius 2 is 0.772 bits per heavy atom. The van der Waals surface area contributed by atoms with Crippen molar-refractivity contribution >= 4 is 17.9 Å². The average Bonchev–Trinajstić information content (AvgIpc) is 3.21. The van der Waals surface area contributed by atoms with Gasteiger partial charge in [-0.1, -0.05) is 203 Å². The molecule has 0 radical (unpaired) electrons. The molecule has 0 amide bonds. The van der Waals surface area contributed by atoms with E-state index in [4.69, 9.17) is 14.2 Å². The van der Waals surface area contributed by atoms with Crippen molar-refractivity contribution < 1.29 is 28.6 Å². The van der Waals surface area contributed by atoms with Crippen LogP contribution in [-0.2, 0) is 28.6 Å². The first kappa shape index (κ1) is 53.9. The Bertz CT molecular complexity index is 1100. The lowest BCUT2D eigenvalue weighted by Gasteiger charge is -2.18. The van der Waals surface area contributed by atoms with E-state index in [1.54, 1.807) is 6.08 Å². The third-order valence-corrected chi connectivity index (χ3v) is 9.73. The summed E-state index contributed by atoms with van der Waals surface area (Å²) < 4.78 is 16.5. The summed E-state index contributed by atoms with van der Waals surface area (Å²) >= 11 is 0. The van der Waals surface area contributed by atoms with Crippen LogP contribution >= 0.6 is 0 Å². The molecule has 0 saturated carbocycles. The highest BCUT2D eigenvalue weighted by Crippen LogP contribution is 2.14. The maximum Gasteiger partial charge on any atom is 0.309 e. The lowest BCUT2D eigenvalue weighted by molar-refractivity contribution is -0.166. The predicted molar refractivity (Wildman–Crippen MR) is 242 cm³/mol. The number of hydrogen-bond acceptors (Lipinski definition) is 6. The highest BCUT2D eigenvalue weighted by atomic mass is 16.6. The van der Waals surface area contributed by atoms with E-state index >= 15 is 0 Å². The van der Waals surface area contributed by atoms with Crippen molar-refractivity contribution in [1.82, 2.24) is 0 Å². The Hall–Kier alpha value is -3.15. The number of rotatable bonds is 41. The van der Waals surface area contributed by atoms with Crippen LogP contribution in [0, 0.1) is 0 Å². The molecule has 0 aromatic rings. The van der Waals surface area contributed by atoms with Crippen molar-refractivity contribution in [2.75, 3.05) is 13.2 Å². The number of carbonyl (C=O) groups excluding carboxylic acids is 3. The topological polar surface area (TPSA) is 78.9 Å². The molecule has 6 nitrogen and oxygen atoms in total. The SMILES string of the molecule is CC/C=C\C/C=C\C/C=C\CC(=O)OCC(COC(=O)CCC/C=C\C/C=C\C/C=C\CCCCCCCC)OC(=O)CCCCCCCCCCCCCCC. The normalized spacial score (nSPS) is 12.7. The van der Waals surface area contributed by atoms with Gasteiger partial charge in [-0.2, -0.15) is 0 Å². The molecule has 0 aromatic carbocycles. The number of ether oxygens (including phenoxy) is 3. The van der Waals surface area contributed by atoms with Crippen LogP contribution in [-0.4, -0.2) is 37.2 Å². The summed E-state index contributed by atoms with van der Waals surface area (Å²) in [5, 5.41) is 0. The molecule has 1 unspecified atom stereocenters. The Morgan fingerprint density at radius 3 is 1.28 bits per heavy atom. The molecule has 326 valence electrons. The van der Waals surface area contributed by atoms with Crippen molar-refractivity contribution in [2.24, 2.45) is 0 Å². The molecule has 0 aromatic heterocycles. The largest absolute Gasteiger partial charge is 0.462 e. The van der Waals surface area contributed by atoms with Crippen LogP contribution in [0.15, 0.2) is 72.9 Å². The minimum absolute atomic E-state index is 0.127. The zero-order chi connectivity index (χ0) is 41.5. The van der Waals surface area contributed by atoms with Gasteiger partial charge < -0.3 is 14.2 Å². The fourth-order valence-corrected chi connectivity index (χ4v) is 6.22. The summed E-state index contributed by atoms with van der Waals surface area (Å²) in [5.41, 5.74) is 0. The fourth-order valence-electron chi connectivity index (χ4n) is 6.22. The molecule has 0 rings (SSSR count). The van der Waals surface area contributed by atoms with Gasteiger partial charge in [0.05, 0.1) is 6.42 Å². The lowest BCUT2D eigenvalue weighted by Crippen LogP contribution is -2.30. The van der Waals surface area contributed by atoms with E-state index in [0.29, 0.717) is 12.8 Å². The first-order chi connectivity index (χ1) is 28.0. The third kappa shape index (κ3) is 43.8. The zero-order valence-corrected chi connectivity index (χ0v) is 37.1. The third-order valence-electron chi connectivity index (χ3n) is 9.73. The second-order valence-electron chi connectivity index (χ2n) is 15.3. The number of hydrogen-bond donors (Lipinski definition) is 0. The maximum absolute atomic E-state index is 12.7. The first-order valence-electron chi connectivity index (χ1n) is 23.4. The minimum atomic E-state index is -0.826. The van der Waals surface area contributed by atoms with Crippen LogP contribution in [0.3, 0.4) is 0 Å². The van der Waals surface area contributed by atoms with E-state index < -0.39 is 12.1 Å².